The fourth-order valence-corrected chi connectivity index (χ4v) is 2.78. The molecule has 20 heavy (non-hydrogen) atoms. The minimum absolute atomic E-state index is 0.241. The van der Waals surface area contributed by atoms with Gasteiger partial charge in [0.2, 0.25) is 0 Å². The Morgan fingerprint density at radius 1 is 1.20 bits per heavy atom. The molecule has 0 aromatic carbocycles. The molecule has 0 aliphatic carbocycles. The van der Waals surface area contributed by atoms with Gasteiger partial charge in [0.05, 0.1) is 18.0 Å². The number of aromatic nitrogens is 3. The zero-order chi connectivity index (χ0) is 15.0. The van der Waals surface area contributed by atoms with Crippen molar-refractivity contribution in [3.8, 4) is 0 Å². The van der Waals surface area contributed by atoms with Gasteiger partial charge in [-0.05, 0) is 32.3 Å². The van der Waals surface area contributed by atoms with Crippen molar-refractivity contribution in [3.63, 3.8) is 0 Å². The summed E-state index contributed by atoms with van der Waals surface area (Å²) in [5.74, 6) is 1.71. The van der Waals surface area contributed by atoms with E-state index in [9.17, 15) is 0 Å². The first-order chi connectivity index (χ1) is 9.38. The number of fused-ring (bicyclic) bond motifs is 1. The van der Waals surface area contributed by atoms with Gasteiger partial charge in [-0.15, -0.1) is 0 Å². The molecule has 5 heteroatoms. The monoisotopic (exact) mass is 276 g/mol. The van der Waals surface area contributed by atoms with Crippen molar-refractivity contribution < 1.29 is 4.74 Å². The highest BCUT2D eigenvalue weighted by atomic mass is 16.5. The molecule has 0 saturated heterocycles. The van der Waals surface area contributed by atoms with Crippen LogP contribution in [-0.2, 0) is 4.74 Å². The van der Waals surface area contributed by atoms with Gasteiger partial charge in [0.25, 0.3) is 0 Å². The van der Waals surface area contributed by atoms with E-state index in [2.05, 4.69) is 42.2 Å². The number of hydrogen-bond acceptors (Lipinski definition) is 4. The number of methoxy groups -OCH3 is 1. The average Bonchev–Trinajstić information content (AvgIpc) is 2.59. The second-order valence-corrected chi connectivity index (χ2v) is 5.70. The first-order valence-corrected chi connectivity index (χ1v) is 6.98. The van der Waals surface area contributed by atoms with Crippen LogP contribution >= 0.6 is 0 Å². The van der Waals surface area contributed by atoms with Crippen molar-refractivity contribution >= 4 is 16.9 Å². The van der Waals surface area contributed by atoms with Gasteiger partial charge < -0.3 is 15.0 Å². The lowest BCUT2D eigenvalue weighted by Gasteiger charge is -2.24. The highest BCUT2D eigenvalue weighted by Crippen LogP contribution is 2.32. The molecule has 5 nitrogen and oxygen atoms in total. The Hall–Kier alpha value is -1.62. The van der Waals surface area contributed by atoms with Crippen molar-refractivity contribution in [2.45, 2.75) is 40.7 Å². The Balaban J connectivity index is 2.78. The lowest BCUT2D eigenvalue weighted by atomic mass is 10.0. The number of nitrogen functional groups attached to an aromatic ring is 1. The van der Waals surface area contributed by atoms with Crippen LogP contribution in [0.1, 0.15) is 37.0 Å². The Bertz CT molecular complexity index is 631. The molecule has 0 aliphatic heterocycles. The third kappa shape index (κ3) is 2.26. The van der Waals surface area contributed by atoms with Gasteiger partial charge in [0.1, 0.15) is 17.3 Å². The van der Waals surface area contributed by atoms with E-state index in [-0.39, 0.29) is 6.04 Å². The van der Waals surface area contributed by atoms with Gasteiger partial charge in [-0.25, -0.2) is 9.97 Å². The highest BCUT2D eigenvalue weighted by Gasteiger charge is 2.24. The fourth-order valence-electron chi connectivity index (χ4n) is 2.78. The van der Waals surface area contributed by atoms with Crippen LogP contribution in [0.3, 0.4) is 0 Å². The number of nitrogens with two attached hydrogens (primary N) is 1. The van der Waals surface area contributed by atoms with Crippen LogP contribution in [0.25, 0.3) is 11.0 Å². The molecule has 2 N–H and O–H groups in total. The predicted molar refractivity (Wildman–Crippen MR) is 81.9 cm³/mol. The van der Waals surface area contributed by atoms with Gasteiger partial charge in [-0.2, -0.15) is 0 Å². The van der Waals surface area contributed by atoms with E-state index in [1.807, 2.05) is 6.92 Å². The van der Waals surface area contributed by atoms with Crippen molar-refractivity contribution in [2.24, 2.45) is 5.92 Å². The summed E-state index contributed by atoms with van der Waals surface area (Å²) in [6.45, 7) is 11.1. The number of aryl methyl sites for hydroxylation is 2. The molecule has 0 bridgehead atoms. The smallest absolute Gasteiger partial charge is 0.146 e. The molecule has 0 amide bonds. The lowest BCUT2D eigenvalue weighted by Crippen LogP contribution is -2.21. The summed E-state index contributed by atoms with van der Waals surface area (Å²) in [7, 11) is 1.73. The van der Waals surface area contributed by atoms with Gasteiger partial charge in [0, 0.05) is 12.8 Å². The van der Waals surface area contributed by atoms with Crippen molar-refractivity contribution in [1.82, 2.24) is 14.5 Å². The molecule has 2 rings (SSSR count). The Morgan fingerprint density at radius 3 is 2.40 bits per heavy atom. The molecule has 110 valence electrons. The van der Waals surface area contributed by atoms with Crippen LogP contribution in [0.15, 0.2) is 0 Å². The van der Waals surface area contributed by atoms with Gasteiger partial charge >= 0.3 is 0 Å². The summed E-state index contributed by atoms with van der Waals surface area (Å²) in [6, 6.07) is 0.241. The maximum absolute atomic E-state index is 6.09. The first-order valence-electron chi connectivity index (χ1n) is 6.98. The van der Waals surface area contributed by atoms with Crippen LogP contribution in [0.5, 0.6) is 0 Å². The van der Waals surface area contributed by atoms with E-state index in [1.54, 1.807) is 7.11 Å². The summed E-state index contributed by atoms with van der Waals surface area (Å²) in [4.78, 5) is 8.91. The van der Waals surface area contributed by atoms with E-state index in [0.717, 1.165) is 16.6 Å². The molecule has 2 aromatic heterocycles. The summed E-state index contributed by atoms with van der Waals surface area (Å²) in [6.07, 6.45) is 0. The van der Waals surface area contributed by atoms with E-state index in [1.165, 1.54) is 5.69 Å². The second-order valence-electron chi connectivity index (χ2n) is 5.70. The molecule has 0 saturated carbocycles. The lowest BCUT2D eigenvalue weighted by molar-refractivity contribution is 0.134. The molecule has 1 unspecified atom stereocenters. The molecular weight excluding hydrogens is 252 g/mol. The van der Waals surface area contributed by atoms with Crippen LogP contribution in [0.4, 0.5) is 5.82 Å². The Morgan fingerprint density at radius 2 is 1.85 bits per heavy atom. The van der Waals surface area contributed by atoms with Crippen LogP contribution in [-0.4, -0.2) is 28.3 Å². The number of nitrogens with zero attached hydrogens (tertiary/aromatic N) is 3. The maximum atomic E-state index is 6.09. The predicted octanol–water partition coefficient (Wildman–Crippen LogP) is 2.78. The average molecular weight is 276 g/mol. The van der Waals surface area contributed by atoms with E-state index in [4.69, 9.17) is 10.5 Å². The summed E-state index contributed by atoms with van der Waals surface area (Å²) < 4.78 is 7.65. The van der Waals surface area contributed by atoms with Crippen LogP contribution in [0.2, 0.25) is 0 Å². The molecule has 2 heterocycles. The second kappa shape index (κ2) is 5.40. The highest BCUT2D eigenvalue weighted by molar-refractivity contribution is 5.91. The third-order valence-corrected chi connectivity index (χ3v) is 3.98. The van der Waals surface area contributed by atoms with Crippen molar-refractivity contribution in [2.75, 3.05) is 19.5 Å². The van der Waals surface area contributed by atoms with E-state index in [0.29, 0.717) is 24.2 Å². The van der Waals surface area contributed by atoms with Gasteiger partial charge in [-0.3, -0.25) is 0 Å². The topological polar surface area (TPSA) is 66.0 Å². The van der Waals surface area contributed by atoms with Crippen LogP contribution in [0, 0.1) is 26.7 Å². The van der Waals surface area contributed by atoms with Crippen molar-refractivity contribution in [3.05, 3.63) is 17.1 Å². The molecule has 0 spiro atoms. The maximum Gasteiger partial charge on any atom is 0.146 e. The van der Waals surface area contributed by atoms with E-state index >= 15 is 0 Å². The fraction of sp³-hybridized carbons (Fsp3) is 0.600. The summed E-state index contributed by atoms with van der Waals surface area (Å²) >= 11 is 0. The van der Waals surface area contributed by atoms with Gasteiger partial charge in [0.15, 0.2) is 0 Å². The number of ether oxygens (including phenoxy) is 1. The molecule has 1 atom stereocenters. The molecule has 0 radical (unpaired) electrons. The Kier molecular flexibility index (Phi) is 3.99. The normalized spacial score (nSPS) is 13.3. The van der Waals surface area contributed by atoms with Gasteiger partial charge in [-0.1, -0.05) is 13.8 Å². The summed E-state index contributed by atoms with van der Waals surface area (Å²) in [5.41, 5.74) is 9.35. The first kappa shape index (κ1) is 14.8. The van der Waals surface area contributed by atoms with Crippen molar-refractivity contribution in [1.29, 1.82) is 0 Å². The Labute approximate surface area is 120 Å². The number of hydrogen-bond donors (Lipinski definition) is 1. The standard InChI is InChI=1S/C15H24N4O/c1-8(2)12(7-20-6)19-10(4)9(3)13-14(16)17-11(5)18-15(13)19/h8,12H,7H2,1-6H3,(H2,16,17,18). The molecular formula is C15H24N4O. The molecule has 0 aliphatic rings. The zero-order valence-electron chi connectivity index (χ0n) is 13.2. The largest absolute Gasteiger partial charge is 0.383 e. The molecule has 2 aromatic rings. The zero-order valence-corrected chi connectivity index (χ0v) is 13.2. The summed E-state index contributed by atoms with van der Waals surface area (Å²) in [5, 5.41) is 0.967. The quantitative estimate of drug-likeness (QED) is 0.932. The minimum Gasteiger partial charge on any atom is -0.383 e. The number of rotatable bonds is 4. The molecule has 0 fully saturated rings. The van der Waals surface area contributed by atoms with E-state index < -0.39 is 0 Å². The number of anilines is 1. The third-order valence-electron chi connectivity index (χ3n) is 3.98. The minimum atomic E-state index is 0.241. The van der Waals surface area contributed by atoms with Crippen LogP contribution < -0.4 is 5.73 Å². The SMILES string of the molecule is COCC(C(C)C)n1c(C)c(C)c2c(N)nc(C)nc21.